The van der Waals surface area contributed by atoms with Crippen LogP contribution >= 0.6 is 0 Å². The average molecular weight is 312 g/mol. The van der Waals surface area contributed by atoms with E-state index < -0.39 is 0 Å². The van der Waals surface area contributed by atoms with Crippen LogP contribution in [0.1, 0.15) is 66.2 Å². The van der Waals surface area contributed by atoms with E-state index in [1.807, 2.05) is 0 Å². The summed E-state index contributed by atoms with van der Waals surface area (Å²) in [5.74, 6) is 1.68. The largest absolute Gasteiger partial charge is 0.389 e. The molecule has 1 saturated heterocycles. The zero-order chi connectivity index (χ0) is 16.2. The Morgan fingerprint density at radius 2 is 1.64 bits per heavy atom. The van der Waals surface area contributed by atoms with Crippen molar-refractivity contribution in [3.63, 3.8) is 0 Å². The number of ether oxygens (including phenoxy) is 1. The van der Waals surface area contributed by atoms with Crippen molar-refractivity contribution in [3.05, 3.63) is 0 Å². The molecule has 0 aromatic carbocycles. The zero-order valence-corrected chi connectivity index (χ0v) is 15.2. The minimum absolute atomic E-state index is 0.325. The molecule has 1 aliphatic heterocycles. The molecular weight excluding hydrogens is 274 g/mol. The Bertz CT molecular complexity index is 310. The van der Waals surface area contributed by atoms with Crippen molar-refractivity contribution in [2.45, 2.75) is 78.4 Å². The highest BCUT2D eigenvalue weighted by Gasteiger charge is 2.30. The molecule has 0 amide bonds. The Kier molecular flexibility index (Phi) is 6.73. The zero-order valence-electron chi connectivity index (χ0n) is 15.2. The first-order valence-electron chi connectivity index (χ1n) is 9.36. The van der Waals surface area contributed by atoms with E-state index in [0.717, 1.165) is 44.3 Å². The molecule has 0 aromatic heterocycles. The van der Waals surface area contributed by atoms with Gasteiger partial charge in [-0.25, -0.2) is 0 Å². The van der Waals surface area contributed by atoms with E-state index in [1.165, 1.54) is 25.7 Å². The number of β-amino-alcohol motifs (C(OH)–C–C–N with tert-alkyl or cyclic N) is 1. The van der Waals surface area contributed by atoms with Gasteiger partial charge in [-0.15, -0.1) is 0 Å². The second kappa shape index (κ2) is 8.12. The molecule has 1 saturated carbocycles. The molecular formula is C19H37NO2. The van der Waals surface area contributed by atoms with Crippen LogP contribution < -0.4 is 0 Å². The maximum Gasteiger partial charge on any atom is 0.0900 e. The van der Waals surface area contributed by atoms with Crippen LogP contribution in [0.15, 0.2) is 0 Å². The molecule has 0 unspecified atom stereocenters. The normalized spacial score (nSPS) is 30.4. The summed E-state index contributed by atoms with van der Waals surface area (Å²) in [6.07, 6.45) is 7.45. The number of aliphatic hydroxyl groups is 1. The quantitative estimate of drug-likeness (QED) is 0.840. The van der Waals surface area contributed by atoms with Gasteiger partial charge in [0.05, 0.1) is 18.8 Å². The van der Waals surface area contributed by atoms with Crippen molar-refractivity contribution in [3.8, 4) is 0 Å². The third-order valence-corrected chi connectivity index (χ3v) is 5.77. The Morgan fingerprint density at radius 1 is 1.05 bits per heavy atom. The average Bonchev–Trinajstić information content (AvgIpc) is 2.47. The molecule has 0 bridgehead atoms. The molecule has 3 nitrogen and oxygen atoms in total. The van der Waals surface area contributed by atoms with Gasteiger partial charge in [-0.1, -0.05) is 27.7 Å². The van der Waals surface area contributed by atoms with Gasteiger partial charge in [0.25, 0.3) is 0 Å². The van der Waals surface area contributed by atoms with Gasteiger partial charge < -0.3 is 14.7 Å². The van der Waals surface area contributed by atoms with Gasteiger partial charge in [-0.3, -0.25) is 0 Å². The smallest absolute Gasteiger partial charge is 0.0900 e. The highest BCUT2D eigenvalue weighted by Crippen LogP contribution is 2.38. The second-order valence-electron chi connectivity index (χ2n) is 8.81. The van der Waals surface area contributed by atoms with Gasteiger partial charge >= 0.3 is 0 Å². The lowest BCUT2D eigenvalue weighted by Gasteiger charge is -2.37. The third-order valence-electron chi connectivity index (χ3n) is 5.77. The predicted molar refractivity (Wildman–Crippen MR) is 92.0 cm³/mol. The minimum Gasteiger partial charge on any atom is -0.389 e. The van der Waals surface area contributed by atoms with E-state index >= 15 is 0 Å². The summed E-state index contributed by atoms with van der Waals surface area (Å²) in [5, 5.41) is 10.2. The van der Waals surface area contributed by atoms with Gasteiger partial charge in [0.2, 0.25) is 0 Å². The van der Waals surface area contributed by atoms with Gasteiger partial charge in [0.15, 0.2) is 0 Å². The van der Waals surface area contributed by atoms with Crippen LogP contribution in [-0.2, 0) is 4.74 Å². The van der Waals surface area contributed by atoms with Crippen LogP contribution in [0.25, 0.3) is 0 Å². The van der Waals surface area contributed by atoms with Gasteiger partial charge in [0.1, 0.15) is 0 Å². The van der Waals surface area contributed by atoms with Crippen molar-refractivity contribution < 1.29 is 9.84 Å². The highest BCUT2D eigenvalue weighted by molar-refractivity contribution is 4.81. The summed E-state index contributed by atoms with van der Waals surface area (Å²) in [6, 6.07) is 0. The monoisotopic (exact) mass is 311 g/mol. The molecule has 2 aliphatic rings. The Morgan fingerprint density at radius 3 is 2.18 bits per heavy atom. The maximum absolute atomic E-state index is 10.2. The topological polar surface area (TPSA) is 32.7 Å². The molecule has 22 heavy (non-hydrogen) atoms. The first kappa shape index (κ1) is 18.2. The van der Waals surface area contributed by atoms with Crippen LogP contribution in [0.2, 0.25) is 0 Å². The van der Waals surface area contributed by atoms with Crippen molar-refractivity contribution in [1.29, 1.82) is 0 Å². The SMILES string of the molecule is CC1CCN(C[C@H](O)COC2CCC(C(C)(C)C)CC2)CC1. The van der Waals surface area contributed by atoms with Gasteiger partial charge in [-0.2, -0.15) is 0 Å². The first-order valence-corrected chi connectivity index (χ1v) is 9.36. The van der Waals surface area contributed by atoms with E-state index in [1.54, 1.807) is 0 Å². The molecule has 1 N–H and O–H groups in total. The third kappa shape index (κ3) is 5.82. The summed E-state index contributed by atoms with van der Waals surface area (Å²) in [4.78, 5) is 2.39. The van der Waals surface area contributed by atoms with Crippen molar-refractivity contribution in [2.75, 3.05) is 26.2 Å². The number of nitrogens with zero attached hydrogens (tertiary/aromatic N) is 1. The highest BCUT2D eigenvalue weighted by atomic mass is 16.5. The predicted octanol–water partition coefficient (Wildman–Crippen LogP) is 3.70. The fourth-order valence-corrected chi connectivity index (χ4v) is 3.94. The summed E-state index contributed by atoms with van der Waals surface area (Å²) >= 11 is 0. The standard InChI is InChI=1S/C19H37NO2/c1-15-9-11-20(12-10-15)13-17(21)14-22-18-7-5-16(6-8-18)19(2,3)4/h15-18,21H,5-14H2,1-4H3/t16?,17-,18?/m0/s1. The fraction of sp³-hybridized carbons (Fsp3) is 1.00. The molecule has 0 radical (unpaired) electrons. The number of likely N-dealkylation sites (tertiary alicyclic amines) is 1. The molecule has 2 fully saturated rings. The van der Waals surface area contributed by atoms with E-state index in [2.05, 4.69) is 32.6 Å². The molecule has 3 heteroatoms. The molecule has 1 heterocycles. The molecule has 1 aliphatic carbocycles. The molecule has 1 atom stereocenters. The number of aliphatic hydroxyl groups excluding tert-OH is 1. The Hall–Kier alpha value is -0.120. The van der Waals surface area contributed by atoms with E-state index in [0.29, 0.717) is 18.1 Å². The van der Waals surface area contributed by atoms with Crippen LogP contribution in [0, 0.1) is 17.3 Å². The first-order chi connectivity index (χ1) is 10.3. The van der Waals surface area contributed by atoms with E-state index in [-0.39, 0.29) is 6.10 Å². The lowest BCUT2D eigenvalue weighted by Crippen LogP contribution is -2.40. The minimum atomic E-state index is -0.325. The summed E-state index contributed by atoms with van der Waals surface area (Å²) in [5.41, 5.74) is 0.426. The lowest BCUT2D eigenvalue weighted by molar-refractivity contribution is -0.0461. The Balaban J connectivity index is 1.60. The van der Waals surface area contributed by atoms with E-state index in [4.69, 9.17) is 4.74 Å². The Labute approximate surface area is 137 Å². The second-order valence-corrected chi connectivity index (χ2v) is 8.81. The summed E-state index contributed by atoms with van der Waals surface area (Å²) in [6.45, 7) is 12.9. The van der Waals surface area contributed by atoms with E-state index in [9.17, 15) is 5.11 Å². The van der Waals surface area contributed by atoms with Crippen LogP contribution in [0.4, 0.5) is 0 Å². The van der Waals surface area contributed by atoms with Crippen molar-refractivity contribution >= 4 is 0 Å². The summed E-state index contributed by atoms with van der Waals surface area (Å²) < 4.78 is 5.99. The van der Waals surface area contributed by atoms with Crippen LogP contribution in [-0.4, -0.2) is 48.5 Å². The van der Waals surface area contributed by atoms with Gasteiger partial charge in [0, 0.05) is 6.54 Å². The number of rotatable bonds is 5. The molecule has 0 spiro atoms. The molecule has 130 valence electrons. The summed E-state index contributed by atoms with van der Waals surface area (Å²) in [7, 11) is 0. The van der Waals surface area contributed by atoms with Crippen molar-refractivity contribution in [2.24, 2.45) is 17.3 Å². The van der Waals surface area contributed by atoms with Gasteiger partial charge in [-0.05, 0) is 68.9 Å². The maximum atomic E-state index is 10.2. The number of hydrogen-bond donors (Lipinski definition) is 1. The lowest BCUT2D eigenvalue weighted by atomic mass is 9.72. The number of piperidine rings is 1. The van der Waals surface area contributed by atoms with Crippen molar-refractivity contribution in [1.82, 2.24) is 4.90 Å². The number of hydrogen-bond acceptors (Lipinski definition) is 3. The fourth-order valence-electron chi connectivity index (χ4n) is 3.94. The van der Waals surface area contributed by atoms with Crippen LogP contribution in [0.3, 0.4) is 0 Å². The molecule has 2 rings (SSSR count). The molecule has 0 aromatic rings. The van der Waals surface area contributed by atoms with Crippen LogP contribution in [0.5, 0.6) is 0 Å².